The Kier molecular flexibility index (Phi) is 4.76. The van der Waals surface area contributed by atoms with Crippen molar-refractivity contribution in [1.82, 2.24) is 4.90 Å². The van der Waals surface area contributed by atoms with Gasteiger partial charge in [-0.3, -0.25) is 0 Å². The molecule has 4 nitrogen and oxygen atoms in total. The molecule has 0 radical (unpaired) electrons. The highest BCUT2D eigenvalue weighted by Gasteiger charge is 2.21. The van der Waals surface area contributed by atoms with Gasteiger partial charge in [0.15, 0.2) is 0 Å². The van der Waals surface area contributed by atoms with Crippen molar-refractivity contribution < 1.29 is 4.74 Å². The maximum Gasteiger partial charge on any atom is 0.123 e. The van der Waals surface area contributed by atoms with Crippen LogP contribution in [0.5, 0.6) is 5.75 Å². The van der Waals surface area contributed by atoms with Crippen molar-refractivity contribution in [2.75, 3.05) is 37.8 Å². The molecule has 1 aromatic rings. The van der Waals surface area contributed by atoms with Gasteiger partial charge in [0.05, 0.1) is 6.10 Å². The first-order valence-corrected chi connectivity index (χ1v) is 7.44. The molecule has 2 rings (SSSR count). The van der Waals surface area contributed by atoms with Gasteiger partial charge in [0, 0.05) is 43.1 Å². The molecule has 1 heterocycles. The molecule has 0 aliphatic carbocycles. The molecule has 1 unspecified atom stereocenters. The van der Waals surface area contributed by atoms with Crippen molar-refractivity contribution in [1.29, 1.82) is 0 Å². The number of hydrogen-bond donors (Lipinski definition) is 1. The number of ether oxygens (including phenoxy) is 1. The maximum atomic E-state index is 6.01. The highest BCUT2D eigenvalue weighted by Crippen LogP contribution is 2.28. The van der Waals surface area contributed by atoms with Crippen LogP contribution in [-0.2, 0) is 0 Å². The van der Waals surface area contributed by atoms with E-state index in [0.717, 1.165) is 23.7 Å². The fraction of sp³-hybridized carbons (Fsp3) is 0.625. The zero-order chi connectivity index (χ0) is 14.7. The van der Waals surface area contributed by atoms with E-state index >= 15 is 0 Å². The van der Waals surface area contributed by atoms with Gasteiger partial charge in [0.25, 0.3) is 0 Å². The highest BCUT2D eigenvalue weighted by atomic mass is 16.5. The molecule has 0 aromatic heterocycles. The fourth-order valence-corrected chi connectivity index (χ4v) is 2.82. The van der Waals surface area contributed by atoms with Crippen molar-refractivity contribution >= 4 is 11.4 Å². The SMILES string of the molecule is CC(C)Oc1cc(N)cc(N(C)C2CCCN(C)C2)c1. The smallest absolute Gasteiger partial charge is 0.123 e. The largest absolute Gasteiger partial charge is 0.491 e. The van der Waals surface area contributed by atoms with E-state index in [4.69, 9.17) is 10.5 Å². The lowest BCUT2D eigenvalue weighted by molar-refractivity contribution is 0.241. The van der Waals surface area contributed by atoms with Crippen LogP contribution in [0.1, 0.15) is 26.7 Å². The number of benzene rings is 1. The van der Waals surface area contributed by atoms with Crippen molar-refractivity contribution in [2.45, 2.75) is 38.8 Å². The van der Waals surface area contributed by atoms with E-state index in [-0.39, 0.29) is 6.10 Å². The Balaban J connectivity index is 2.16. The van der Waals surface area contributed by atoms with Crippen LogP contribution in [0.2, 0.25) is 0 Å². The van der Waals surface area contributed by atoms with Crippen molar-refractivity contribution in [3.8, 4) is 5.75 Å². The van der Waals surface area contributed by atoms with Crippen LogP contribution >= 0.6 is 0 Å². The zero-order valence-electron chi connectivity index (χ0n) is 13.1. The van der Waals surface area contributed by atoms with E-state index < -0.39 is 0 Å². The number of piperidine rings is 1. The summed E-state index contributed by atoms with van der Waals surface area (Å²) in [7, 11) is 4.34. The summed E-state index contributed by atoms with van der Waals surface area (Å²) in [4.78, 5) is 4.72. The van der Waals surface area contributed by atoms with E-state index in [2.05, 4.69) is 30.0 Å². The fourth-order valence-electron chi connectivity index (χ4n) is 2.82. The van der Waals surface area contributed by atoms with E-state index in [1.54, 1.807) is 0 Å². The molecule has 2 N–H and O–H groups in total. The first-order chi connectivity index (χ1) is 9.45. The summed E-state index contributed by atoms with van der Waals surface area (Å²) in [6.45, 7) is 6.36. The van der Waals surface area contributed by atoms with Gasteiger partial charge in [-0.1, -0.05) is 0 Å². The Labute approximate surface area is 122 Å². The first-order valence-electron chi connectivity index (χ1n) is 7.44. The monoisotopic (exact) mass is 277 g/mol. The van der Waals surface area contributed by atoms with Gasteiger partial charge in [0.1, 0.15) is 5.75 Å². The Morgan fingerprint density at radius 2 is 2.10 bits per heavy atom. The molecule has 1 aliphatic heterocycles. The average Bonchev–Trinajstić information content (AvgIpc) is 2.36. The minimum Gasteiger partial charge on any atom is -0.491 e. The van der Waals surface area contributed by atoms with Gasteiger partial charge in [-0.15, -0.1) is 0 Å². The van der Waals surface area contributed by atoms with Crippen LogP contribution in [0.3, 0.4) is 0 Å². The summed E-state index contributed by atoms with van der Waals surface area (Å²) in [5.74, 6) is 0.853. The molecule has 20 heavy (non-hydrogen) atoms. The van der Waals surface area contributed by atoms with Crippen LogP contribution in [0.25, 0.3) is 0 Å². The molecule has 1 aromatic carbocycles. The summed E-state index contributed by atoms with van der Waals surface area (Å²) < 4.78 is 5.78. The third-order valence-electron chi connectivity index (χ3n) is 3.84. The van der Waals surface area contributed by atoms with Crippen molar-refractivity contribution in [3.63, 3.8) is 0 Å². The Hall–Kier alpha value is -1.42. The predicted octanol–water partition coefficient (Wildman–Crippen LogP) is 2.59. The van der Waals surface area contributed by atoms with Gasteiger partial charge in [-0.2, -0.15) is 0 Å². The number of anilines is 2. The topological polar surface area (TPSA) is 41.7 Å². The van der Waals surface area contributed by atoms with Gasteiger partial charge in [-0.25, -0.2) is 0 Å². The van der Waals surface area contributed by atoms with Gasteiger partial charge in [0.2, 0.25) is 0 Å². The number of hydrogen-bond acceptors (Lipinski definition) is 4. The molecule has 1 saturated heterocycles. The first kappa shape index (κ1) is 15.0. The van der Waals surface area contributed by atoms with Crippen LogP contribution < -0.4 is 15.4 Å². The van der Waals surface area contributed by atoms with Crippen molar-refractivity contribution in [3.05, 3.63) is 18.2 Å². The lowest BCUT2D eigenvalue weighted by atomic mass is 10.0. The van der Waals surface area contributed by atoms with E-state index in [9.17, 15) is 0 Å². The third-order valence-corrected chi connectivity index (χ3v) is 3.84. The molecular weight excluding hydrogens is 250 g/mol. The summed E-state index contributed by atoms with van der Waals surface area (Å²) in [6, 6.07) is 6.55. The second-order valence-corrected chi connectivity index (χ2v) is 6.10. The minimum atomic E-state index is 0.163. The molecule has 0 amide bonds. The number of nitrogens with zero attached hydrogens (tertiary/aromatic N) is 2. The number of likely N-dealkylation sites (N-methyl/N-ethyl adjacent to an activating group) is 2. The maximum absolute atomic E-state index is 6.01. The summed E-state index contributed by atoms with van der Waals surface area (Å²) >= 11 is 0. The van der Waals surface area contributed by atoms with Gasteiger partial charge in [-0.05, 0) is 46.3 Å². The molecular formula is C16H27N3O. The van der Waals surface area contributed by atoms with Crippen LogP contribution in [0.15, 0.2) is 18.2 Å². The lowest BCUT2D eigenvalue weighted by Gasteiger charge is -2.37. The third kappa shape index (κ3) is 3.79. The summed E-state index contributed by atoms with van der Waals surface area (Å²) in [6.07, 6.45) is 2.65. The molecule has 1 atom stereocenters. The molecule has 112 valence electrons. The van der Waals surface area contributed by atoms with Gasteiger partial charge >= 0.3 is 0 Å². The Morgan fingerprint density at radius 1 is 1.35 bits per heavy atom. The Bertz CT molecular complexity index is 447. The second kappa shape index (κ2) is 6.35. The van der Waals surface area contributed by atoms with Gasteiger partial charge < -0.3 is 20.3 Å². The zero-order valence-corrected chi connectivity index (χ0v) is 13.1. The molecule has 4 heteroatoms. The molecule has 1 aliphatic rings. The summed E-state index contributed by atoms with van der Waals surface area (Å²) in [5.41, 5.74) is 7.91. The second-order valence-electron chi connectivity index (χ2n) is 6.10. The predicted molar refractivity (Wildman–Crippen MR) is 85.5 cm³/mol. The quantitative estimate of drug-likeness (QED) is 0.859. The average molecular weight is 277 g/mol. The Morgan fingerprint density at radius 3 is 2.75 bits per heavy atom. The number of nitrogen functional groups attached to an aromatic ring is 1. The molecule has 0 saturated carbocycles. The summed E-state index contributed by atoms with van der Waals surface area (Å²) in [5, 5.41) is 0. The van der Waals surface area contributed by atoms with Crippen LogP contribution in [0, 0.1) is 0 Å². The molecule has 0 spiro atoms. The number of likely N-dealkylation sites (tertiary alicyclic amines) is 1. The minimum absolute atomic E-state index is 0.163. The van der Waals surface area contributed by atoms with Crippen molar-refractivity contribution in [2.24, 2.45) is 0 Å². The molecule has 0 bridgehead atoms. The van der Waals surface area contributed by atoms with Crippen LogP contribution in [0.4, 0.5) is 11.4 Å². The number of rotatable bonds is 4. The molecule has 1 fully saturated rings. The van der Waals surface area contributed by atoms with E-state index in [1.807, 2.05) is 26.0 Å². The van der Waals surface area contributed by atoms with E-state index in [1.165, 1.54) is 19.4 Å². The van der Waals surface area contributed by atoms with Crippen LogP contribution in [-0.4, -0.2) is 44.2 Å². The lowest BCUT2D eigenvalue weighted by Crippen LogP contribution is -2.45. The van der Waals surface area contributed by atoms with E-state index in [0.29, 0.717) is 6.04 Å². The normalized spacial score (nSPS) is 20.1. The standard InChI is InChI=1S/C16H27N3O/c1-12(2)20-16-9-13(17)8-15(10-16)19(4)14-6-5-7-18(3)11-14/h8-10,12,14H,5-7,11,17H2,1-4H3. The highest BCUT2D eigenvalue weighted by molar-refractivity contribution is 5.60. The number of nitrogens with two attached hydrogens (primary N) is 1.